The number of benzene rings is 4. The van der Waals surface area contributed by atoms with E-state index in [1.54, 1.807) is 12.1 Å². The largest absolute Gasteiger partial charge is 0.490 e. The molecule has 1 N–H and O–H groups in total. The molecule has 0 aromatic heterocycles. The highest BCUT2D eigenvalue weighted by molar-refractivity contribution is 9.10. The number of anilines is 1. The summed E-state index contributed by atoms with van der Waals surface area (Å²) in [6.45, 7) is 1.67. The Labute approximate surface area is 256 Å². The summed E-state index contributed by atoms with van der Waals surface area (Å²) in [4.78, 5) is 38.7. The quantitative estimate of drug-likeness (QED) is 0.145. The van der Waals surface area contributed by atoms with Crippen molar-refractivity contribution in [3.05, 3.63) is 105 Å². The molecule has 4 aromatic carbocycles. The average Bonchev–Trinajstić information content (AvgIpc) is 3.24. The van der Waals surface area contributed by atoms with Crippen molar-refractivity contribution in [2.45, 2.75) is 13.5 Å². The zero-order valence-corrected chi connectivity index (χ0v) is 24.9. The Kier molecular flexibility index (Phi) is 9.07. The van der Waals surface area contributed by atoms with E-state index in [4.69, 9.17) is 9.47 Å². The highest BCUT2D eigenvalue weighted by atomic mass is 79.9. The third kappa shape index (κ3) is 6.55. The number of fused-ring (bicyclic) bond motifs is 1. The van der Waals surface area contributed by atoms with Crippen LogP contribution in [-0.2, 0) is 16.2 Å². The second kappa shape index (κ2) is 12.9. The van der Waals surface area contributed by atoms with Crippen molar-refractivity contribution in [3.63, 3.8) is 0 Å². The van der Waals surface area contributed by atoms with E-state index in [9.17, 15) is 27.6 Å². The minimum absolute atomic E-state index is 0.0376. The van der Waals surface area contributed by atoms with Gasteiger partial charge in [0.2, 0.25) is 5.91 Å². The van der Waals surface area contributed by atoms with Crippen molar-refractivity contribution < 1.29 is 37.0 Å². The van der Waals surface area contributed by atoms with Crippen LogP contribution in [0.1, 0.15) is 18.1 Å². The third-order valence-corrected chi connectivity index (χ3v) is 7.86. The first-order valence-corrected chi connectivity index (χ1v) is 14.5. The maximum atomic E-state index is 13.9. The minimum Gasteiger partial charge on any atom is -0.490 e. The van der Waals surface area contributed by atoms with Crippen LogP contribution in [0.4, 0.5) is 23.7 Å². The number of carbonyl (C=O) groups is 3. The van der Waals surface area contributed by atoms with Crippen molar-refractivity contribution in [1.29, 1.82) is 0 Å². The van der Waals surface area contributed by atoms with Gasteiger partial charge >= 0.3 is 0 Å². The number of hydrogen-bond donors (Lipinski definition) is 1. The zero-order valence-electron chi connectivity index (χ0n) is 22.5. The SMILES string of the molecule is CCOc1cc(/C=C2/SC(=O)N(CC(=O)Nc3ccc(F)c(F)c3F)C2=O)cc(Br)c1OCc1cccc2ccccc12. The lowest BCUT2D eigenvalue weighted by Gasteiger charge is -2.16. The number of rotatable bonds is 9. The summed E-state index contributed by atoms with van der Waals surface area (Å²) < 4.78 is 53.1. The molecule has 0 bridgehead atoms. The van der Waals surface area contributed by atoms with Crippen LogP contribution in [0.15, 0.2) is 76.1 Å². The molecule has 0 saturated carbocycles. The monoisotopic (exact) mass is 670 g/mol. The van der Waals surface area contributed by atoms with Gasteiger partial charge in [-0.3, -0.25) is 19.3 Å². The Morgan fingerprint density at radius 2 is 1.77 bits per heavy atom. The van der Waals surface area contributed by atoms with Gasteiger partial charge in [-0.15, -0.1) is 0 Å². The van der Waals surface area contributed by atoms with Gasteiger partial charge in [-0.1, -0.05) is 42.5 Å². The number of thioether (sulfide) groups is 1. The van der Waals surface area contributed by atoms with E-state index in [0.717, 1.165) is 22.4 Å². The third-order valence-electron chi connectivity index (χ3n) is 6.37. The summed E-state index contributed by atoms with van der Waals surface area (Å²) in [6.07, 6.45) is 1.47. The molecule has 43 heavy (non-hydrogen) atoms. The van der Waals surface area contributed by atoms with Gasteiger partial charge in [0.15, 0.2) is 29.0 Å². The lowest BCUT2D eigenvalue weighted by atomic mass is 10.1. The topological polar surface area (TPSA) is 84.9 Å². The molecule has 1 aliphatic heterocycles. The van der Waals surface area contributed by atoms with Gasteiger partial charge in [0.05, 0.1) is 21.7 Å². The van der Waals surface area contributed by atoms with Crippen LogP contribution in [0.2, 0.25) is 0 Å². The van der Waals surface area contributed by atoms with E-state index < -0.39 is 46.7 Å². The number of imide groups is 1. The number of ether oxygens (including phenoxy) is 2. The summed E-state index contributed by atoms with van der Waals surface area (Å²) in [5, 5.41) is 3.48. The Morgan fingerprint density at radius 3 is 2.56 bits per heavy atom. The Morgan fingerprint density at radius 1 is 1.00 bits per heavy atom. The molecule has 0 atom stereocenters. The van der Waals surface area contributed by atoms with Crippen LogP contribution >= 0.6 is 27.7 Å². The smallest absolute Gasteiger partial charge is 0.294 e. The number of amides is 3. The second-order valence-corrected chi connectivity index (χ2v) is 11.1. The van der Waals surface area contributed by atoms with E-state index in [0.29, 0.717) is 50.9 Å². The molecule has 4 aromatic rings. The van der Waals surface area contributed by atoms with Crippen LogP contribution in [0.5, 0.6) is 11.5 Å². The van der Waals surface area contributed by atoms with Crippen LogP contribution in [-0.4, -0.2) is 35.1 Å². The molecule has 3 amide bonds. The Balaban J connectivity index is 1.32. The fourth-order valence-corrected chi connectivity index (χ4v) is 5.80. The first kappa shape index (κ1) is 30.2. The van der Waals surface area contributed by atoms with E-state index in [1.165, 1.54) is 6.08 Å². The molecule has 0 aliphatic carbocycles. The summed E-state index contributed by atoms with van der Waals surface area (Å²) in [6, 6.07) is 18.8. The zero-order chi connectivity index (χ0) is 30.7. The van der Waals surface area contributed by atoms with Crippen molar-refractivity contribution >= 4 is 67.3 Å². The van der Waals surface area contributed by atoms with Crippen LogP contribution < -0.4 is 14.8 Å². The highest BCUT2D eigenvalue weighted by Crippen LogP contribution is 2.40. The molecule has 220 valence electrons. The number of hydrogen-bond acceptors (Lipinski definition) is 6. The molecule has 12 heteroatoms. The second-order valence-electron chi connectivity index (χ2n) is 9.23. The molecular weight excluding hydrogens is 649 g/mol. The van der Waals surface area contributed by atoms with Gasteiger partial charge in [-0.2, -0.15) is 0 Å². The average molecular weight is 671 g/mol. The minimum atomic E-state index is -1.76. The summed E-state index contributed by atoms with van der Waals surface area (Å²) in [7, 11) is 0. The molecular formula is C31H22BrF3N2O5S. The van der Waals surface area contributed by atoms with Gasteiger partial charge in [0.25, 0.3) is 11.1 Å². The standard InChI is InChI=1S/C31H22BrF3N2O5S/c1-2-41-24-13-17(12-21(32)29(24)42-16-19-8-5-7-18-6-3-4-9-20(18)19)14-25-30(39)37(31(40)43-25)15-26(38)36-23-11-10-22(33)27(34)28(23)35/h3-14H,2,15-16H2,1H3,(H,36,38)/b25-14+. The summed E-state index contributed by atoms with van der Waals surface area (Å²) in [5.74, 6) is -5.62. The van der Waals surface area contributed by atoms with Crippen LogP contribution in [0.3, 0.4) is 0 Å². The fourth-order valence-electron chi connectivity index (χ4n) is 4.39. The molecule has 0 radical (unpaired) electrons. The van der Waals surface area contributed by atoms with Gasteiger partial charge in [0, 0.05) is 0 Å². The van der Waals surface area contributed by atoms with E-state index in [1.807, 2.05) is 54.7 Å². The molecule has 1 fully saturated rings. The van der Waals surface area contributed by atoms with Crippen molar-refractivity contribution in [2.24, 2.45) is 0 Å². The number of carbonyl (C=O) groups excluding carboxylic acids is 3. The molecule has 1 aliphatic rings. The molecule has 0 unspecified atom stereocenters. The van der Waals surface area contributed by atoms with E-state index in [-0.39, 0.29) is 11.5 Å². The van der Waals surface area contributed by atoms with E-state index in [2.05, 4.69) is 15.9 Å². The summed E-state index contributed by atoms with van der Waals surface area (Å²) >= 11 is 4.14. The Hall–Kier alpha value is -4.29. The number of nitrogens with zero attached hydrogens (tertiary/aromatic N) is 1. The number of nitrogens with one attached hydrogen (secondary N) is 1. The molecule has 0 spiro atoms. The number of halogens is 4. The first-order chi connectivity index (χ1) is 20.7. The molecule has 1 heterocycles. The lowest BCUT2D eigenvalue weighted by molar-refractivity contribution is -0.127. The maximum absolute atomic E-state index is 13.9. The molecule has 7 nitrogen and oxygen atoms in total. The van der Waals surface area contributed by atoms with Gasteiger partial charge < -0.3 is 14.8 Å². The predicted molar refractivity (Wildman–Crippen MR) is 161 cm³/mol. The van der Waals surface area contributed by atoms with Crippen molar-refractivity contribution in [2.75, 3.05) is 18.5 Å². The Bertz CT molecular complexity index is 1790. The van der Waals surface area contributed by atoms with Crippen molar-refractivity contribution in [1.82, 2.24) is 4.90 Å². The molecule has 5 rings (SSSR count). The van der Waals surface area contributed by atoms with Gasteiger partial charge in [0.1, 0.15) is 13.2 Å². The first-order valence-electron chi connectivity index (χ1n) is 12.9. The highest BCUT2D eigenvalue weighted by Gasteiger charge is 2.36. The fraction of sp³-hybridized carbons (Fsp3) is 0.129. The maximum Gasteiger partial charge on any atom is 0.294 e. The lowest BCUT2D eigenvalue weighted by Crippen LogP contribution is -2.36. The van der Waals surface area contributed by atoms with E-state index >= 15 is 0 Å². The van der Waals surface area contributed by atoms with Crippen LogP contribution in [0.25, 0.3) is 16.8 Å². The van der Waals surface area contributed by atoms with Gasteiger partial charge in [-0.25, -0.2) is 13.2 Å². The van der Waals surface area contributed by atoms with Gasteiger partial charge in [-0.05, 0) is 86.9 Å². The van der Waals surface area contributed by atoms with Crippen LogP contribution in [0, 0.1) is 17.5 Å². The predicted octanol–water partition coefficient (Wildman–Crippen LogP) is 7.67. The summed E-state index contributed by atoms with van der Waals surface area (Å²) in [5.41, 5.74) is 0.885. The normalized spacial score (nSPS) is 14.1. The van der Waals surface area contributed by atoms with Crippen molar-refractivity contribution in [3.8, 4) is 11.5 Å². The molecule has 1 saturated heterocycles.